The molecule has 8 heteroatoms. The van der Waals surface area contributed by atoms with Crippen LogP contribution in [0.5, 0.6) is 0 Å². The number of aliphatic imine (C=N–C) groups is 1. The minimum Gasteiger partial charge on any atom is -0.469 e. The normalized spacial score (nSPS) is 17.1. The van der Waals surface area contributed by atoms with Gasteiger partial charge < -0.3 is 24.3 Å². The van der Waals surface area contributed by atoms with Crippen molar-refractivity contribution in [1.29, 1.82) is 0 Å². The van der Waals surface area contributed by atoms with Crippen LogP contribution < -0.4 is 5.32 Å². The lowest BCUT2D eigenvalue weighted by Crippen LogP contribution is -2.43. The van der Waals surface area contributed by atoms with E-state index in [1.165, 1.54) is 0 Å². The Morgan fingerprint density at radius 2 is 2.20 bits per heavy atom. The maximum absolute atomic E-state index is 11.8. The zero-order valence-corrected chi connectivity index (χ0v) is 17.6. The highest BCUT2D eigenvalue weighted by molar-refractivity contribution is 14.0. The average Bonchev–Trinajstić information content (AvgIpc) is 3.23. The number of ether oxygens (including phenoxy) is 1. The average molecular weight is 464 g/mol. The number of furan rings is 1. The van der Waals surface area contributed by atoms with E-state index in [9.17, 15) is 4.79 Å². The maximum atomic E-state index is 11.8. The molecule has 25 heavy (non-hydrogen) atoms. The largest absolute Gasteiger partial charge is 0.469 e. The van der Waals surface area contributed by atoms with Gasteiger partial charge in [-0.15, -0.1) is 24.0 Å². The molecule has 0 spiro atoms. The number of halogens is 1. The van der Waals surface area contributed by atoms with Crippen molar-refractivity contribution >= 4 is 35.8 Å². The van der Waals surface area contributed by atoms with Crippen LogP contribution in [-0.4, -0.2) is 75.7 Å². The summed E-state index contributed by atoms with van der Waals surface area (Å²) in [7, 11) is 5.47. The number of likely N-dealkylation sites (N-methyl/N-ethyl adjacent to an activating group) is 1. The molecule has 0 aromatic carbocycles. The van der Waals surface area contributed by atoms with Crippen LogP contribution in [-0.2, 0) is 16.0 Å². The van der Waals surface area contributed by atoms with E-state index >= 15 is 0 Å². The predicted octanol–water partition coefficient (Wildman–Crippen LogP) is 1.44. The molecule has 2 heterocycles. The molecule has 1 atom stereocenters. The molecule has 0 bridgehead atoms. The van der Waals surface area contributed by atoms with Crippen molar-refractivity contribution in [3.05, 3.63) is 24.2 Å². The van der Waals surface area contributed by atoms with Gasteiger partial charge in [0.25, 0.3) is 0 Å². The highest BCUT2D eigenvalue weighted by Crippen LogP contribution is 2.13. The van der Waals surface area contributed by atoms with Crippen molar-refractivity contribution in [2.45, 2.75) is 12.8 Å². The molecule has 1 unspecified atom stereocenters. The first-order valence-electron chi connectivity index (χ1n) is 8.36. The summed E-state index contributed by atoms with van der Waals surface area (Å²) in [5.74, 6) is 2.16. The SMILES string of the molecule is CN(C)C(=O)CN=C(NCCc1ccco1)N(C)CC1CCOC1.I. The fourth-order valence-corrected chi connectivity index (χ4v) is 2.55. The lowest BCUT2D eigenvalue weighted by atomic mass is 10.1. The minimum absolute atomic E-state index is 0. The quantitative estimate of drug-likeness (QED) is 0.376. The standard InChI is InChI=1S/C17H28N4O3.HI/c1-20(2)16(22)11-19-17(18-8-6-15-5-4-9-24-15)21(3)12-14-7-10-23-13-14;/h4-5,9,14H,6-8,10-13H2,1-3H3,(H,18,19);1H. The first-order chi connectivity index (χ1) is 11.6. The smallest absolute Gasteiger partial charge is 0.243 e. The fourth-order valence-electron chi connectivity index (χ4n) is 2.55. The number of carbonyl (C=O) groups is 1. The third-order valence-corrected chi connectivity index (χ3v) is 4.02. The molecule has 1 aliphatic heterocycles. The molecule has 1 aromatic rings. The van der Waals surface area contributed by atoms with Gasteiger partial charge in [-0.1, -0.05) is 0 Å². The van der Waals surface area contributed by atoms with Gasteiger partial charge >= 0.3 is 0 Å². The van der Waals surface area contributed by atoms with Gasteiger partial charge in [-0.25, -0.2) is 4.99 Å². The molecule has 2 rings (SSSR count). The molecule has 142 valence electrons. The number of amides is 1. The first kappa shape index (κ1) is 21.8. The first-order valence-corrected chi connectivity index (χ1v) is 8.36. The van der Waals surface area contributed by atoms with Crippen LogP contribution in [0.25, 0.3) is 0 Å². The summed E-state index contributed by atoms with van der Waals surface area (Å²) in [5.41, 5.74) is 0. The molecule has 1 fully saturated rings. The van der Waals surface area contributed by atoms with Gasteiger partial charge in [0.05, 0.1) is 12.9 Å². The van der Waals surface area contributed by atoms with E-state index in [-0.39, 0.29) is 36.4 Å². The van der Waals surface area contributed by atoms with Crippen molar-refractivity contribution in [3.63, 3.8) is 0 Å². The zero-order chi connectivity index (χ0) is 17.4. The van der Waals surface area contributed by atoms with Gasteiger partial charge in [0.2, 0.25) is 5.91 Å². The second-order valence-electron chi connectivity index (χ2n) is 6.29. The molecule has 1 amide bonds. The van der Waals surface area contributed by atoms with Crippen LogP contribution in [0, 0.1) is 5.92 Å². The lowest BCUT2D eigenvalue weighted by Gasteiger charge is -2.25. The van der Waals surface area contributed by atoms with E-state index in [2.05, 4.69) is 15.2 Å². The Labute approximate surface area is 166 Å². The van der Waals surface area contributed by atoms with Crippen molar-refractivity contribution in [3.8, 4) is 0 Å². The second kappa shape index (κ2) is 11.3. The number of hydrogen-bond donors (Lipinski definition) is 1. The van der Waals surface area contributed by atoms with Gasteiger partial charge in [0.1, 0.15) is 12.3 Å². The molecule has 1 aliphatic rings. The third-order valence-electron chi connectivity index (χ3n) is 4.02. The van der Waals surface area contributed by atoms with Crippen LogP contribution in [0.1, 0.15) is 12.2 Å². The third kappa shape index (κ3) is 7.64. The number of rotatable bonds is 7. The van der Waals surface area contributed by atoms with Crippen molar-refractivity contribution < 1.29 is 13.9 Å². The van der Waals surface area contributed by atoms with Gasteiger partial charge in [0, 0.05) is 53.2 Å². The summed E-state index contributed by atoms with van der Waals surface area (Å²) in [6.07, 6.45) is 3.51. The molecule has 0 aliphatic carbocycles. The van der Waals surface area contributed by atoms with Gasteiger partial charge in [-0.2, -0.15) is 0 Å². The zero-order valence-electron chi connectivity index (χ0n) is 15.2. The van der Waals surface area contributed by atoms with Crippen LogP contribution in [0.15, 0.2) is 27.8 Å². The highest BCUT2D eigenvalue weighted by Gasteiger charge is 2.19. The summed E-state index contributed by atoms with van der Waals surface area (Å²) >= 11 is 0. The molecule has 7 nitrogen and oxygen atoms in total. The fraction of sp³-hybridized carbons (Fsp3) is 0.647. The Balaban J connectivity index is 0.00000312. The Bertz CT molecular complexity index is 528. The van der Waals surface area contributed by atoms with Crippen molar-refractivity contribution in [2.75, 3.05) is 54.0 Å². The van der Waals surface area contributed by atoms with E-state index < -0.39 is 0 Å². The number of hydrogen-bond acceptors (Lipinski definition) is 4. The summed E-state index contributed by atoms with van der Waals surface area (Å²) in [6, 6.07) is 3.83. The Hall–Kier alpha value is -1.29. The Morgan fingerprint density at radius 3 is 2.80 bits per heavy atom. The lowest BCUT2D eigenvalue weighted by molar-refractivity contribution is -0.127. The summed E-state index contributed by atoms with van der Waals surface area (Å²) in [5, 5.41) is 3.33. The van der Waals surface area contributed by atoms with Crippen LogP contribution in [0.4, 0.5) is 0 Å². The van der Waals surface area contributed by atoms with Crippen LogP contribution in [0.3, 0.4) is 0 Å². The predicted molar refractivity (Wildman–Crippen MR) is 108 cm³/mol. The molecule has 1 N–H and O–H groups in total. The molecule has 1 aromatic heterocycles. The number of guanidine groups is 1. The molecule has 0 radical (unpaired) electrons. The number of nitrogens with zero attached hydrogens (tertiary/aromatic N) is 3. The van der Waals surface area contributed by atoms with E-state index in [1.807, 2.05) is 19.2 Å². The summed E-state index contributed by atoms with van der Waals surface area (Å²) in [4.78, 5) is 19.9. The number of carbonyl (C=O) groups excluding carboxylic acids is 1. The monoisotopic (exact) mass is 464 g/mol. The summed E-state index contributed by atoms with van der Waals surface area (Å²) < 4.78 is 10.8. The van der Waals surface area contributed by atoms with Crippen molar-refractivity contribution in [2.24, 2.45) is 10.9 Å². The Morgan fingerprint density at radius 1 is 1.40 bits per heavy atom. The minimum atomic E-state index is -0.0158. The summed E-state index contributed by atoms with van der Waals surface area (Å²) in [6.45, 7) is 3.33. The van der Waals surface area contributed by atoms with Crippen LogP contribution in [0.2, 0.25) is 0 Å². The van der Waals surface area contributed by atoms with Crippen LogP contribution >= 0.6 is 24.0 Å². The highest BCUT2D eigenvalue weighted by atomic mass is 127. The topological polar surface area (TPSA) is 70.3 Å². The van der Waals surface area contributed by atoms with E-state index in [0.29, 0.717) is 12.5 Å². The molecular formula is C17H29IN4O3. The van der Waals surface area contributed by atoms with E-state index in [0.717, 1.165) is 44.3 Å². The van der Waals surface area contributed by atoms with Gasteiger partial charge in [-0.3, -0.25) is 4.79 Å². The van der Waals surface area contributed by atoms with E-state index in [4.69, 9.17) is 9.15 Å². The maximum Gasteiger partial charge on any atom is 0.243 e. The van der Waals surface area contributed by atoms with Crippen molar-refractivity contribution in [1.82, 2.24) is 15.1 Å². The van der Waals surface area contributed by atoms with Gasteiger partial charge in [-0.05, 0) is 18.6 Å². The Kier molecular flexibility index (Phi) is 9.88. The molecule has 0 saturated carbocycles. The number of nitrogens with one attached hydrogen (secondary N) is 1. The molecule has 1 saturated heterocycles. The molecular weight excluding hydrogens is 435 g/mol. The second-order valence-corrected chi connectivity index (χ2v) is 6.29. The van der Waals surface area contributed by atoms with Gasteiger partial charge in [0.15, 0.2) is 5.96 Å². The van der Waals surface area contributed by atoms with E-state index in [1.54, 1.807) is 25.3 Å².